The summed E-state index contributed by atoms with van der Waals surface area (Å²) >= 11 is 15.6. The van der Waals surface area contributed by atoms with Gasteiger partial charge in [0, 0.05) is 4.83 Å². The first-order chi connectivity index (χ1) is 6.52. The zero-order valence-corrected chi connectivity index (χ0v) is 11.3. The molecule has 0 radical (unpaired) electrons. The molecule has 78 valence electrons. The van der Waals surface area contributed by atoms with Gasteiger partial charge in [-0.3, -0.25) is 0 Å². The second-order valence-electron chi connectivity index (χ2n) is 3.57. The van der Waals surface area contributed by atoms with E-state index >= 15 is 0 Å². The number of halogens is 3. The number of hydrogen-bond acceptors (Lipinski definition) is 0. The Kier molecular flexibility index (Phi) is 4.75. The molecule has 0 saturated carbocycles. The van der Waals surface area contributed by atoms with Gasteiger partial charge in [-0.05, 0) is 24.0 Å². The minimum Gasteiger partial charge on any atom is -0.0891 e. The van der Waals surface area contributed by atoms with Crippen molar-refractivity contribution in [2.24, 2.45) is 5.92 Å². The van der Waals surface area contributed by atoms with Crippen LogP contribution in [-0.2, 0) is 6.42 Å². The predicted molar refractivity (Wildman–Crippen MR) is 67.7 cm³/mol. The monoisotopic (exact) mass is 294 g/mol. The van der Waals surface area contributed by atoms with Crippen molar-refractivity contribution in [2.75, 3.05) is 0 Å². The van der Waals surface area contributed by atoms with Crippen LogP contribution in [0.2, 0.25) is 10.0 Å². The van der Waals surface area contributed by atoms with Gasteiger partial charge in [-0.15, -0.1) is 0 Å². The van der Waals surface area contributed by atoms with Gasteiger partial charge >= 0.3 is 0 Å². The third-order valence-electron chi connectivity index (χ3n) is 2.36. The maximum Gasteiger partial charge on any atom is 0.0624 e. The van der Waals surface area contributed by atoms with Crippen molar-refractivity contribution in [3.63, 3.8) is 0 Å². The van der Waals surface area contributed by atoms with Crippen molar-refractivity contribution in [1.82, 2.24) is 0 Å². The van der Waals surface area contributed by atoms with Crippen LogP contribution in [0, 0.1) is 5.92 Å². The minimum atomic E-state index is 0.484. The molecule has 2 unspecified atom stereocenters. The van der Waals surface area contributed by atoms with Crippen LogP contribution in [0.3, 0.4) is 0 Å². The van der Waals surface area contributed by atoms with Crippen molar-refractivity contribution < 1.29 is 0 Å². The lowest BCUT2D eigenvalue weighted by Crippen LogP contribution is -2.09. The van der Waals surface area contributed by atoms with Crippen LogP contribution in [0.15, 0.2) is 18.2 Å². The van der Waals surface area contributed by atoms with Crippen LogP contribution in [0.5, 0.6) is 0 Å². The van der Waals surface area contributed by atoms with Gasteiger partial charge in [0.25, 0.3) is 0 Å². The fraction of sp³-hybridized carbons (Fsp3) is 0.455. The van der Waals surface area contributed by atoms with Crippen molar-refractivity contribution in [3.8, 4) is 0 Å². The maximum atomic E-state index is 6.09. The molecule has 0 amide bonds. The van der Waals surface area contributed by atoms with E-state index in [0.717, 1.165) is 12.0 Å². The molecule has 0 spiro atoms. The molecule has 0 fully saturated rings. The number of alkyl halides is 1. The van der Waals surface area contributed by atoms with E-state index in [4.69, 9.17) is 23.2 Å². The van der Waals surface area contributed by atoms with Gasteiger partial charge in [-0.2, -0.15) is 0 Å². The Balaban J connectivity index is 2.82. The van der Waals surface area contributed by atoms with Gasteiger partial charge in [0.1, 0.15) is 0 Å². The van der Waals surface area contributed by atoms with Crippen molar-refractivity contribution in [3.05, 3.63) is 33.8 Å². The van der Waals surface area contributed by atoms with E-state index < -0.39 is 0 Å². The quantitative estimate of drug-likeness (QED) is 0.692. The number of hydrogen-bond donors (Lipinski definition) is 0. The number of benzene rings is 1. The minimum absolute atomic E-state index is 0.484. The molecule has 2 atom stereocenters. The van der Waals surface area contributed by atoms with E-state index in [-0.39, 0.29) is 0 Å². The summed E-state index contributed by atoms with van der Waals surface area (Å²) < 4.78 is 0. The molecule has 0 aliphatic heterocycles. The molecule has 0 saturated heterocycles. The normalized spacial score (nSPS) is 15.2. The molecule has 1 rings (SSSR count). The summed E-state index contributed by atoms with van der Waals surface area (Å²) in [6.07, 6.45) is 0.950. The van der Waals surface area contributed by atoms with Gasteiger partial charge in [0.15, 0.2) is 0 Å². The summed E-state index contributed by atoms with van der Waals surface area (Å²) in [6, 6.07) is 5.78. The van der Waals surface area contributed by atoms with Crippen LogP contribution in [-0.4, -0.2) is 4.83 Å². The van der Waals surface area contributed by atoms with E-state index in [1.165, 1.54) is 0 Å². The summed E-state index contributed by atoms with van der Waals surface area (Å²) in [5.41, 5.74) is 1.12. The molecular weight excluding hydrogens is 283 g/mol. The highest BCUT2D eigenvalue weighted by Crippen LogP contribution is 2.28. The van der Waals surface area contributed by atoms with E-state index in [1.807, 2.05) is 18.2 Å². The fourth-order valence-corrected chi connectivity index (χ4v) is 1.80. The molecule has 0 N–H and O–H groups in total. The molecule has 14 heavy (non-hydrogen) atoms. The molecule has 0 bridgehead atoms. The summed E-state index contributed by atoms with van der Waals surface area (Å²) in [6.45, 7) is 4.33. The Morgan fingerprint density at radius 2 is 1.93 bits per heavy atom. The highest BCUT2D eigenvalue weighted by atomic mass is 79.9. The lowest BCUT2D eigenvalue weighted by atomic mass is 9.99. The largest absolute Gasteiger partial charge is 0.0891 e. The van der Waals surface area contributed by atoms with Crippen molar-refractivity contribution in [2.45, 2.75) is 25.1 Å². The first kappa shape index (κ1) is 12.4. The van der Waals surface area contributed by atoms with E-state index in [1.54, 1.807) is 0 Å². The second kappa shape index (κ2) is 5.39. The second-order valence-corrected chi connectivity index (χ2v) is 5.80. The third kappa shape index (κ3) is 3.15. The topological polar surface area (TPSA) is 0 Å². The van der Waals surface area contributed by atoms with Crippen molar-refractivity contribution >= 4 is 39.1 Å². The lowest BCUT2D eigenvalue weighted by Gasteiger charge is -2.15. The molecule has 3 heteroatoms. The Labute approximate surface area is 104 Å². The van der Waals surface area contributed by atoms with Crippen LogP contribution in [0.1, 0.15) is 19.4 Å². The summed E-state index contributed by atoms with van der Waals surface area (Å²) in [4.78, 5) is 0.484. The predicted octanol–water partition coefficient (Wildman–Crippen LogP) is 4.96. The number of rotatable bonds is 3. The third-order valence-corrected chi connectivity index (χ3v) is 4.12. The van der Waals surface area contributed by atoms with Crippen molar-refractivity contribution in [1.29, 1.82) is 0 Å². The smallest absolute Gasteiger partial charge is 0.0624 e. The molecule has 1 aromatic rings. The molecule has 0 heterocycles. The maximum absolute atomic E-state index is 6.09. The lowest BCUT2D eigenvalue weighted by molar-refractivity contribution is 0.581. The highest BCUT2D eigenvalue weighted by molar-refractivity contribution is 9.09. The van der Waals surface area contributed by atoms with Crippen LogP contribution < -0.4 is 0 Å². The first-order valence-electron chi connectivity index (χ1n) is 4.59. The summed E-state index contributed by atoms with van der Waals surface area (Å²) in [5, 5.41) is 1.33. The standard InChI is InChI=1S/C11H13BrCl2/c1-7(8(2)12)6-9-4-3-5-10(13)11(9)14/h3-5,7-8H,6H2,1-2H3. The molecule has 0 nitrogen and oxygen atoms in total. The van der Waals surface area contributed by atoms with E-state index in [9.17, 15) is 0 Å². The van der Waals surface area contributed by atoms with E-state index in [2.05, 4.69) is 29.8 Å². The zero-order chi connectivity index (χ0) is 10.7. The Morgan fingerprint density at radius 3 is 2.50 bits per heavy atom. The summed E-state index contributed by atoms with van der Waals surface area (Å²) in [5.74, 6) is 0.547. The molecule has 0 aliphatic rings. The van der Waals surface area contributed by atoms with Gasteiger partial charge in [-0.25, -0.2) is 0 Å². The van der Waals surface area contributed by atoms with Gasteiger partial charge in [0.2, 0.25) is 0 Å². The summed E-state index contributed by atoms with van der Waals surface area (Å²) in [7, 11) is 0. The SMILES string of the molecule is CC(Br)C(C)Cc1cccc(Cl)c1Cl. The fourth-order valence-electron chi connectivity index (χ4n) is 1.22. The highest BCUT2D eigenvalue weighted by Gasteiger charge is 2.12. The zero-order valence-electron chi connectivity index (χ0n) is 8.23. The Bertz CT molecular complexity index is 310. The van der Waals surface area contributed by atoms with Gasteiger partial charge < -0.3 is 0 Å². The average Bonchev–Trinajstić information content (AvgIpc) is 2.12. The van der Waals surface area contributed by atoms with Crippen LogP contribution in [0.4, 0.5) is 0 Å². The Morgan fingerprint density at radius 1 is 1.29 bits per heavy atom. The van der Waals surface area contributed by atoms with Gasteiger partial charge in [-0.1, -0.05) is 65.1 Å². The molecular formula is C11H13BrCl2. The van der Waals surface area contributed by atoms with Crippen LogP contribution in [0.25, 0.3) is 0 Å². The average molecular weight is 296 g/mol. The molecule has 0 aromatic heterocycles. The van der Waals surface area contributed by atoms with Gasteiger partial charge in [0.05, 0.1) is 10.0 Å². The van der Waals surface area contributed by atoms with Crippen LogP contribution >= 0.6 is 39.1 Å². The Hall–Kier alpha value is 0.280. The molecule has 1 aromatic carbocycles. The molecule has 0 aliphatic carbocycles. The van der Waals surface area contributed by atoms with E-state index in [0.29, 0.717) is 20.8 Å². The first-order valence-corrected chi connectivity index (χ1v) is 6.26.